The third-order valence-electron chi connectivity index (χ3n) is 10.6. The van der Waals surface area contributed by atoms with Gasteiger partial charge >= 0.3 is 17.9 Å². The van der Waals surface area contributed by atoms with Crippen LogP contribution in [0.1, 0.15) is 83.1 Å². The molecule has 3 aliphatic heterocycles. The molecule has 0 amide bonds. The summed E-state index contributed by atoms with van der Waals surface area (Å²) in [5.74, 6) is -2.35. The first-order valence-electron chi connectivity index (χ1n) is 18.1. The lowest BCUT2D eigenvalue weighted by Crippen LogP contribution is -2.54. The van der Waals surface area contributed by atoms with Gasteiger partial charge in [0.25, 0.3) is 17.4 Å². The molecule has 0 radical (unpaired) electrons. The SMILES string of the molecule is CC(=O)OCC1(C(C)(C)C)Oc2cc3c4cc5c(cc4c4cc6c(cc4c3cc2O1)OC(COC(C)=O)(C(C)(C)C)O6)OC(COC(C)=O)(C(C)(C)C)O5. The third kappa shape index (κ3) is 5.85. The molecule has 0 saturated carbocycles. The topological polar surface area (TPSA) is 134 Å². The van der Waals surface area contributed by atoms with E-state index in [1.807, 2.05) is 98.7 Å². The molecule has 0 fully saturated rings. The van der Waals surface area contributed by atoms with E-state index in [1.54, 1.807) is 0 Å². The molecular formula is C42H48O12. The van der Waals surface area contributed by atoms with Crippen LogP contribution in [0.15, 0.2) is 36.4 Å². The van der Waals surface area contributed by atoms with E-state index in [0.717, 1.165) is 32.3 Å². The van der Waals surface area contributed by atoms with Crippen molar-refractivity contribution in [1.82, 2.24) is 0 Å². The molecule has 0 spiro atoms. The molecule has 0 N–H and O–H groups in total. The molecule has 0 saturated heterocycles. The van der Waals surface area contributed by atoms with Crippen molar-refractivity contribution >= 4 is 50.2 Å². The van der Waals surface area contributed by atoms with E-state index in [4.69, 9.17) is 42.6 Å². The van der Waals surface area contributed by atoms with Crippen LogP contribution in [-0.2, 0) is 28.6 Å². The van der Waals surface area contributed by atoms with Crippen LogP contribution >= 0.6 is 0 Å². The minimum absolute atomic E-state index is 0.121. The first-order valence-corrected chi connectivity index (χ1v) is 18.1. The maximum Gasteiger partial charge on any atom is 0.302 e. The first kappa shape index (κ1) is 37.2. The van der Waals surface area contributed by atoms with Crippen molar-refractivity contribution in [3.05, 3.63) is 36.4 Å². The van der Waals surface area contributed by atoms with Crippen LogP contribution in [0.3, 0.4) is 0 Å². The largest absolute Gasteiger partial charge is 0.458 e. The number of hydrogen-bond donors (Lipinski definition) is 0. The molecule has 0 bridgehead atoms. The van der Waals surface area contributed by atoms with Gasteiger partial charge in [-0.3, -0.25) is 14.4 Å². The molecule has 7 rings (SSSR count). The molecule has 4 aromatic carbocycles. The van der Waals surface area contributed by atoms with E-state index >= 15 is 0 Å². The highest BCUT2D eigenvalue weighted by Gasteiger charge is 2.55. The van der Waals surface area contributed by atoms with Gasteiger partial charge in [-0.25, -0.2) is 0 Å². The zero-order valence-electron chi connectivity index (χ0n) is 33.0. The summed E-state index contributed by atoms with van der Waals surface area (Å²) in [4.78, 5) is 35.8. The van der Waals surface area contributed by atoms with E-state index in [1.165, 1.54) is 20.8 Å². The number of rotatable bonds is 6. The van der Waals surface area contributed by atoms with Gasteiger partial charge in [0.05, 0.1) is 0 Å². The average molecular weight is 745 g/mol. The number of carbonyl (C=O) groups is 3. The average Bonchev–Trinajstić information content (AvgIpc) is 3.74. The Morgan fingerprint density at radius 1 is 0.407 bits per heavy atom. The second-order valence-electron chi connectivity index (χ2n) is 17.5. The molecule has 54 heavy (non-hydrogen) atoms. The fraction of sp³-hybridized carbons (Fsp3) is 0.500. The van der Waals surface area contributed by atoms with Crippen LogP contribution < -0.4 is 28.4 Å². The van der Waals surface area contributed by atoms with Crippen molar-refractivity contribution in [2.24, 2.45) is 16.2 Å². The Kier molecular flexibility index (Phi) is 8.22. The van der Waals surface area contributed by atoms with Gasteiger partial charge in [0, 0.05) is 37.0 Å². The predicted octanol–water partition coefficient (Wildman–Crippen LogP) is 8.38. The zero-order valence-corrected chi connectivity index (χ0v) is 33.0. The summed E-state index contributed by atoms with van der Waals surface area (Å²) in [6.07, 6.45) is 0. The molecule has 0 aliphatic carbocycles. The number of carbonyl (C=O) groups excluding carboxylic acids is 3. The Labute approximate surface area is 314 Å². The molecule has 12 heteroatoms. The number of benzene rings is 4. The standard InChI is InChI=1S/C42H48O12/c1-22(43)46-19-40(37(4,5)6)49-31-13-25-26(14-32(31)50-40)28-16-34-36(54-42(52-34,39(10,11)12)21-48-24(3)45)18-30(28)29-17-35-33(15-27(25)29)51-41(53-35,38(7,8)9)20-47-23(2)44/h13-18H,19-21H2,1-12H3. The van der Waals surface area contributed by atoms with Gasteiger partial charge in [0.15, 0.2) is 54.3 Å². The smallest absolute Gasteiger partial charge is 0.302 e. The quantitative estimate of drug-likeness (QED) is 0.107. The number of ether oxygens (including phenoxy) is 9. The molecular weight excluding hydrogens is 696 g/mol. The molecule has 4 aromatic rings. The number of fused-ring (bicyclic) bond motifs is 9. The van der Waals surface area contributed by atoms with E-state index < -0.39 is 51.5 Å². The minimum atomic E-state index is -1.30. The van der Waals surface area contributed by atoms with Crippen LogP contribution in [-0.4, -0.2) is 55.1 Å². The van der Waals surface area contributed by atoms with Crippen LogP contribution in [0.2, 0.25) is 0 Å². The van der Waals surface area contributed by atoms with Gasteiger partial charge in [-0.05, 0) is 68.7 Å². The summed E-state index contributed by atoms with van der Waals surface area (Å²) in [6, 6.07) is 11.6. The summed E-state index contributed by atoms with van der Waals surface area (Å²) in [6.45, 7) is 21.3. The molecule has 0 unspecified atom stereocenters. The van der Waals surface area contributed by atoms with Crippen molar-refractivity contribution in [3.63, 3.8) is 0 Å². The van der Waals surface area contributed by atoms with Gasteiger partial charge in [-0.1, -0.05) is 62.3 Å². The summed E-state index contributed by atoms with van der Waals surface area (Å²) in [7, 11) is 0. The molecule has 288 valence electrons. The van der Waals surface area contributed by atoms with E-state index in [9.17, 15) is 14.4 Å². The van der Waals surface area contributed by atoms with Crippen molar-refractivity contribution in [1.29, 1.82) is 0 Å². The Morgan fingerprint density at radius 2 is 0.574 bits per heavy atom. The Morgan fingerprint density at radius 3 is 0.704 bits per heavy atom. The maximum atomic E-state index is 11.9. The molecule has 12 nitrogen and oxygen atoms in total. The second-order valence-corrected chi connectivity index (χ2v) is 17.5. The lowest BCUT2D eigenvalue weighted by atomic mass is 9.85. The van der Waals surface area contributed by atoms with Crippen molar-refractivity contribution < 1.29 is 57.0 Å². The zero-order chi connectivity index (χ0) is 39.4. The first-order chi connectivity index (χ1) is 25.0. The van der Waals surface area contributed by atoms with E-state index in [0.29, 0.717) is 34.5 Å². The van der Waals surface area contributed by atoms with Crippen molar-refractivity contribution in [2.75, 3.05) is 19.8 Å². The summed E-state index contributed by atoms with van der Waals surface area (Å²) in [5.41, 5.74) is -1.81. The molecule has 3 heterocycles. The van der Waals surface area contributed by atoms with Gasteiger partial charge in [0.2, 0.25) is 0 Å². The highest BCUT2D eigenvalue weighted by molar-refractivity contribution is 6.27. The van der Waals surface area contributed by atoms with Crippen molar-refractivity contribution in [2.45, 2.75) is 100 Å². The lowest BCUT2D eigenvalue weighted by molar-refractivity contribution is -0.199. The number of esters is 3. The van der Waals surface area contributed by atoms with Gasteiger partial charge in [0.1, 0.15) is 0 Å². The minimum Gasteiger partial charge on any atom is -0.458 e. The molecule has 3 aliphatic rings. The summed E-state index contributed by atoms with van der Waals surface area (Å²) >= 11 is 0. The maximum absolute atomic E-state index is 11.9. The van der Waals surface area contributed by atoms with Crippen LogP contribution in [0.5, 0.6) is 34.5 Å². The Hall–Kier alpha value is -5.13. The molecule has 0 atom stereocenters. The predicted molar refractivity (Wildman–Crippen MR) is 199 cm³/mol. The van der Waals surface area contributed by atoms with Gasteiger partial charge < -0.3 is 42.6 Å². The van der Waals surface area contributed by atoms with E-state index in [-0.39, 0.29) is 19.8 Å². The summed E-state index contributed by atoms with van der Waals surface area (Å²) in [5, 5.41) is 4.90. The molecule has 0 aromatic heterocycles. The fourth-order valence-electron chi connectivity index (χ4n) is 6.96. The monoisotopic (exact) mass is 744 g/mol. The Bertz CT molecular complexity index is 1860. The van der Waals surface area contributed by atoms with E-state index in [2.05, 4.69) is 0 Å². The van der Waals surface area contributed by atoms with Crippen LogP contribution in [0.4, 0.5) is 0 Å². The van der Waals surface area contributed by atoms with Crippen molar-refractivity contribution in [3.8, 4) is 34.5 Å². The fourth-order valence-corrected chi connectivity index (χ4v) is 6.96. The van der Waals surface area contributed by atoms with Gasteiger partial charge in [-0.2, -0.15) is 0 Å². The van der Waals surface area contributed by atoms with Gasteiger partial charge in [-0.15, -0.1) is 0 Å². The second kappa shape index (κ2) is 11.9. The highest BCUT2D eigenvalue weighted by Crippen LogP contribution is 2.56. The lowest BCUT2D eigenvalue weighted by Gasteiger charge is -2.38. The normalized spacial score (nSPS) is 22.9. The third-order valence-corrected chi connectivity index (χ3v) is 10.6. The number of hydrogen-bond acceptors (Lipinski definition) is 12. The van der Waals surface area contributed by atoms with Crippen LogP contribution in [0.25, 0.3) is 32.3 Å². The summed E-state index contributed by atoms with van der Waals surface area (Å²) < 4.78 is 56.0. The Balaban J connectivity index is 1.47. The highest BCUT2D eigenvalue weighted by atomic mass is 16.8. The van der Waals surface area contributed by atoms with Crippen LogP contribution in [0, 0.1) is 16.2 Å².